The van der Waals surface area contributed by atoms with Crippen LogP contribution in [0.15, 0.2) is 17.8 Å². The Labute approximate surface area is 118 Å². The van der Waals surface area contributed by atoms with Gasteiger partial charge in [0.2, 0.25) is 0 Å². The van der Waals surface area contributed by atoms with E-state index in [4.69, 9.17) is 5.73 Å². The highest BCUT2D eigenvalue weighted by Gasteiger charge is 2.24. The van der Waals surface area contributed by atoms with Crippen molar-refractivity contribution >= 4 is 23.2 Å². The molecule has 8 nitrogen and oxygen atoms in total. The molecule has 2 heterocycles. The van der Waals surface area contributed by atoms with Crippen molar-refractivity contribution in [1.82, 2.24) is 20.1 Å². The van der Waals surface area contributed by atoms with Gasteiger partial charge in [-0.3, -0.25) is 9.48 Å². The van der Waals surface area contributed by atoms with Gasteiger partial charge in [0.1, 0.15) is 10.7 Å². The smallest absolute Gasteiger partial charge is 0.331 e. The minimum Gasteiger partial charge on any atom is -0.479 e. The fourth-order valence-electron chi connectivity index (χ4n) is 1.59. The Morgan fingerprint density at radius 3 is 2.85 bits per heavy atom. The van der Waals surface area contributed by atoms with Gasteiger partial charge in [0.25, 0.3) is 5.91 Å². The SMILES string of the molecule is Cn1cc(C(NC(=O)c2csc(CN)n2)C(=O)O)cn1. The minimum atomic E-state index is -1.17. The summed E-state index contributed by atoms with van der Waals surface area (Å²) in [6.07, 6.45) is 2.93. The number of carboxylic acid groups (broad SMARTS) is 1. The van der Waals surface area contributed by atoms with Gasteiger partial charge in [-0.15, -0.1) is 11.3 Å². The van der Waals surface area contributed by atoms with Crippen LogP contribution in [0.25, 0.3) is 0 Å². The fraction of sp³-hybridized carbons (Fsp3) is 0.273. The van der Waals surface area contributed by atoms with Gasteiger partial charge in [-0.1, -0.05) is 0 Å². The first-order valence-corrected chi connectivity index (χ1v) is 6.56. The summed E-state index contributed by atoms with van der Waals surface area (Å²) in [6, 6.07) is -1.17. The number of aliphatic carboxylic acids is 1. The molecule has 2 aromatic heterocycles. The quantitative estimate of drug-likeness (QED) is 0.707. The lowest BCUT2D eigenvalue weighted by atomic mass is 10.1. The molecular weight excluding hydrogens is 282 g/mol. The number of aromatic nitrogens is 3. The van der Waals surface area contributed by atoms with Crippen LogP contribution in [-0.2, 0) is 18.4 Å². The first-order valence-electron chi connectivity index (χ1n) is 5.68. The van der Waals surface area contributed by atoms with Crippen LogP contribution in [0.1, 0.15) is 27.1 Å². The summed E-state index contributed by atoms with van der Waals surface area (Å²) in [5.41, 5.74) is 5.97. The predicted octanol–water partition coefficient (Wildman–Crippen LogP) is -0.109. The molecule has 0 saturated heterocycles. The molecule has 0 fully saturated rings. The lowest BCUT2D eigenvalue weighted by Crippen LogP contribution is -2.33. The highest BCUT2D eigenvalue weighted by atomic mass is 32.1. The predicted molar refractivity (Wildman–Crippen MR) is 71.1 cm³/mol. The van der Waals surface area contributed by atoms with E-state index in [1.807, 2.05) is 0 Å². The molecule has 1 amide bonds. The van der Waals surface area contributed by atoms with Crippen molar-refractivity contribution < 1.29 is 14.7 Å². The van der Waals surface area contributed by atoms with Gasteiger partial charge < -0.3 is 16.2 Å². The molecule has 0 aromatic carbocycles. The molecule has 2 rings (SSSR count). The number of nitrogens with one attached hydrogen (secondary N) is 1. The van der Waals surface area contributed by atoms with Crippen LogP contribution in [0, 0.1) is 0 Å². The minimum absolute atomic E-state index is 0.158. The topological polar surface area (TPSA) is 123 Å². The number of hydrogen-bond donors (Lipinski definition) is 3. The van der Waals surface area contributed by atoms with Gasteiger partial charge in [-0.25, -0.2) is 9.78 Å². The highest BCUT2D eigenvalue weighted by Crippen LogP contribution is 2.14. The summed E-state index contributed by atoms with van der Waals surface area (Å²) in [6.45, 7) is 0.239. The standard InChI is InChI=1S/C11H13N5O3S/c1-16-4-6(3-13-16)9(11(18)19)15-10(17)7-5-20-8(2-12)14-7/h3-5,9H,2,12H2,1H3,(H,15,17)(H,18,19). The normalized spacial score (nSPS) is 12.1. The highest BCUT2D eigenvalue weighted by molar-refractivity contribution is 7.09. The van der Waals surface area contributed by atoms with E-state index in [0.29, 0.717) is 10.6 Å². The van der Waals surface area contributed by atoms with E-state index in [-0.39, 0.29) is 12.2 Å². The van der Waals surface area contributed by atoms with Crippen molar-refractivity contribution in [2.75, 3.05) is 0 Å². The Morgan fingerprint density at radius 2 is 2.35 bits per heavy atom. The van der Waals surface area contributed by atoms with Gasteiger partial charge >= 0.3 is 5.97 Å². The Kier molecular flexibility index (Phi) is 4.11. The second-order valence-electron chi connectivity index (χ2n) is 4.02. The van der Waals surface area contributed by atoms with Crippen molar-refractivity contribution in [2.24, 2.45) is 12.8 Å². The van der Waals surface area contributed by atoms with Crippen molar-refractivity contribution in [3.05, 3.63) is 34.0 Å². The molecule has 0 radical (unpaired) electrons. The average molecular weight is 295 g/mol. The number of nitrogens with zero attached hydrogens (tertiary/aromatic N) is 3. The zero-order valence-electron chi connectivity index (χ0n) is 10.6. The number of hydrogen-bond acceptors (Lipinski definition) is 6. The molecule has 0 aliphatic heterocycles. The van der Waals surface area contributed by atoms with Crippen LogP contribution in [0.2, 0.25) is 0 Å². The van der Waals surface area contributed by atoms with Crippen LogP contribution >= 0.6 is 11.3 Å². The summed E-state index contributed by atoms with van der Waals surface area (Å²) in [7, 11) is 1.66. The lowest BCUT2D eigenvalue weighted by molar-refractivity contribution is -0.139. The third-order valence-corrected chi connectivity index (χ3v) is 3.41. The maximum absolute atomic E-state index is 12.0. The summed E-state index contributed by atoms with van der Waals surface area (Å²) in [5, 5.41) is 17.6. The van der Waals surface area contributed by atoms with E-state index in [1.165, 1.54) is 28.4 Å². The van der Waals surface area contributed by atoms with Gasteiger partial charge in [0, 0.05) is 30.7 Å². The van der Waals surface area contributed by atoms with Crippen LogP contribution in [-0.4, -0.2) is 31.7 Å². The van der Waals surface area contributed by atoms with Crippen molar-refractivity contribution in [1.29, 1.82) is 0 Å². The fourth-order valence-corrected chi connectivity index (χ4v) is 2.25. The van der Waals surface area contributed by atoms with Crippen LogP contribution < -0.4 is 11.1 Å². The van der Waals surface area contributed by atoms with Gasteiger partial charge in [-0.2, -0.15) is 5.10 Å². The lowest BCUT2D eigenvalue weighted by Gasteiger charge is -2.11. The number of carbonyl (C=O) groups is 2. The first kappa shape index (κ1) is 14.2. The molecule has 4 N–H and O–H groups in total. The van der Waals surface area contributed by atoms with Crippen LogP contribution in [0.5, 0.6) is 0 Å². The number of aryl methyl sites for hydroxylation is 1. The average Bonchev–Trinajstić information content (AvgIpc) is 3.03. The second kappa shape index (κ2) is 5.80. The van der Waals surface area contributed by atoms with Gasteiger partial charge in [0.15, 0.2) is 6.04 Å². The summed E-state index contributed by atoms with van der Waals surface area (Å²) < 4.78 is 1.47. The molecule has 0 bridgehead atoms. The summed E-state index contributed by atoms with van der Waals surface area (Å²) in [5.74, 6) is -1.72. The van der Waals surface area contributed by atoms with E-state index < -0.39 is 17.9 Å². The van der Waals surface area contributed by atoms with Gasteiger partial charge in [0.05, 0.1) is 6.20 Å². The molecule has 106 valence electrons. The molecule has 1 unspecified atom stereocenters. The van der Waals surface area contributed by atoms with E-state index in [9.17, 15) is 14.7 Å². The maximum atomic E-state index is 12.0. The van der Waals surface area contributed by atoms with Crippen molar-refractivity contribution in [3.8, 4) is 0 Å². The number of amides is 1. The van der Waals surface area contributed by atoms with E-state index in [2.05, 4.69) is 15.4 Å². The Hall–Kier alpha value is -2.26. The molecule has 0 spiro atoms. The Balaban J connectivity index is 2.16. The van der Waals surface area contributed by atoms with Crippen molar-refractivity contribution in [2.45, 2.75) is 12.6 Å². The number of nitrogens with two attached hydrogens (primary N) is 1. The number of carboxylic acids is 1. The zero-order valence-corrected chi connectivity index (χ0v) is 11.4. The third-order valence-electron chi connectivity index (χ3n) is 2.54. The molecule has 0 saturated carbocycles. The maximum Gasteiger partial charge on any atom is 0.331 e. The van der Waals surface area contributed by atoms with E-state index in [0.717, 1.165) is 0 Å². The Morgan fingerprint density at radius 1 is 1.60 bits per heavy atom. The number of rotatable bonds is 5. The molecule has 9 heteroatoms. The number of carbonyl (C=O) groups excluding carboxylic acids is 1. The zero-order chi connectivity index (χ0) is 14.7. The van der Waals surface area contributed by atoms with E-state index >= 15 is 0 Å². The first-order chi connectivity index (χ1) is 9.51. The third kappa shape index (κ3) is 3.00. The Bertz CT molecular complexity index is 636. The van der Waals surface area contributed by atoms with Crippen LogP contribution in [0.3, 0.4) is 0 Å². The van der Waals surface area contributed by atoms with Gasteiger partial charge in [-0.05, 0) is 0 Å². The number of thiazole rings is 1. The second-order valence-corrected chi connectivity index (χ2v) is 4.97. The molecule has 0 aliphatic carbocycles. The molecule has 2 aromatic rings. The molecule has 20 heavy (non-hydrogen) atoms. The molecular formula is C11H13N5O3S. The van der Waals surface area contributed by atoms with E-state index in [1.54, 1.807) is 12.4 Å². The summed E-state index contributed by atoms with van der Waals surface area (Å²) >= 11 is 1.25. The molecule has 1 atom stereocenters. The summed E-state index contributed by atoms with van der Waals surface area (Å²) in [4.78, 5) is 27.2. The van der Waals surface area contributed by atoms with Crippen LogP contribution in [0.4, 0.5) is 0 Å². The largest absolute Gasteiger partial charge is 0.479 e. The monoisotopic (exact) mass is 295 g/mol. The molecule has 0 aliphatic rings. The van der Waals surface area contributed by atoms with Crippen molar-refractivity contribution in [3.63, 3.8) is 0 Å².